The third-order valence-corrected chi connectivity index (χ3v) is 3.64. The van der Waals surface area contributed by atoms with E-state index in [1.807, 2.05) is 0 Å². The first-order valence-electron chi connectivity index (χ1n) is 7.84. The number of nitro benzene ring substituents is 1. The molecule has 0 heterocycles. The summed E-state index contributed by atoms with van der Waals surface area (Å²) in [4.78, 5) is 34.5. The summed E-state index contributed by atoms with van der Waals surface area (Å²) in [6.45, 7) is 2.37. The zero-order valence-corrected chi connectivity index (χ0v) is 15.4. The van der Waals surface area contributed by atoms with E-state index in [1.165, 1.54) is 38.1 Å². The highest BCUT2D eigenvalue weighted by atomic mass is 35.5. The molecule has 142 valence electrons. The van der Waals surface area contributed by atoms with E-state index in [9.17, 15) is 19.7 Å². The number of nitro groups is 1. The number of rotatable bonds is 7. The maximum absolute atomic E-state index is 12.2. The molecular formula is C18H17ClN2O6. The summed E-state index contributed by atoms with van der Waals surface area (Å²) in [6.07, 6.45) is 0. The lowest BCUT2D eigenvalue weighted by Crippen LogP contribution is -2.41. The molecule has 0 fully saturated rings. The molecule has 8 nitrogen and oxygen atoms in total. The molecular weight excluding hydrogens is 376 g/mol. The van der Waals surface area contributed by atoms with E-state index in [-0.39, 0.29) is 11.4 Å². The van der Waals surface area contributed by atoms with E-state index in [0.717, 1.165) is 0 Å². The number of amides is 1. The van der Waals surface area contributed by atoms with Crippen LogP contribution in [-0.2, 0) is 14.3 Å². The van der Waals surface area contributed by atoms with E-state index in [4.69, 9.17) is 21.1 Å². The first-order chi connectivity index (χ1) is 12.7. The fourth-order valence-corrected chi connectivity index (χ4v) is 2.19. The maximum atomic E-state index is 12.2. The number of hydrogen-bond acceptors (Lipinski definition) is 6. The lowest BCUT2D eigenvalue weighted by atomic mass is 10.1. The van der Waals surface area contributed by atoms with Gasteiger partial charge in [0.15, 0.2) is 12.2 Å². The molecule has 0 spiro atoms. The number of ether oxygens (including phenoxy) is 2. The van der Waals surface area contributed by atoms with Crippen molar-refractivity contribution in [3.05, 3.63) is 63.7 Å². The Balaban J connectivity index is 1.93. The Hall–Kier alpha value is -3.13. The van der Waals surface area contributed by atoms with Crippen molar-refractivity contribution in [1.82, 2.24) is 0 Å². The molecule has 2 aromatic rings. The quantitative estimate of drug-likeness (QED) is 0.438. The van der Waals surface area contributed by atoms with Crippen LogP contribution in [0, 0.1) is 10.1 Å². The number of para-hydroxylation sites is 2. The van der Waals surface area contributed by atoms with Gasteiger partial charge in [-0.05, 0) is 44.2 Å². The van der Waals surface area contributed by atoms with Crippen LogP contribution in [0.1, 0.15) is 13.8 Å². The molecule has 0 aromatic heterocycles. The first-order valence-corrected chi connectivity index (χ1v) is 8.22. The average Bonchev–Trinajstić information content (AvgIpc) is 2.61. The van der Waals surface area contributed by atoms with Crippen LogP contribution >= 0.6 is 11.6 Å². The summed E-state index contributed by atoms with van der Waals surface area (Å²) in [6, 6.07) is 12.1. The SMILES string of the molecule is CC(C)(Oc1ccc(Cl)cc1)C(=O)OCC(=O)Nc1ccccc1[N+](=O)[O-]. The second kappa shape index (κ2) is 8.50. The van der Waals surface area contributed by atoms with E-state index < -0.39 is 29.0 Å². The fraction of sp³-hybridized carbons (Fsp3) is 0.222. The number of nitrogens with one attached hydrogen (secondary N) is 1. The van der Waals surface area contributed by atoms with Crippen LogP contribution < -0.4 is 10.1 Å². The van der Waals surface area contributed by atoms with Gasteiger partial charge in [0.05, 0.1) is 4.92 Å². The van der Waals surface area contributed by atoms with Crippen molar-refractivity contribution in [2.75, 3.05) is 11.9 Å². The largest absolute Gasteiger partial charge is 0.476 e. The molecule has 0 aliphatic heterocycles. The van der Waals surface area contributed by atoms with Gasteiger partial charge in [0.1, 0.15) is 11.4 Å². The van der Waals surface area contributed by atoms with Gasteiger partial charge in [-0.2, -0.15) is 0 Å². The van der Waals surface area contributed by atoms with Gasteiger partial charge in [0, 0.05) is 11.1 Å². The summed E-state index contributed by atoms with van der Waals surface area (Å²) in [7, 11) is 0. The third kappa shape index (κ3) is 5.68. The number of carbonyl (C=O) groups excluding carboxylic acids is 2. The van der Waals surface area contributed by atoms with Crippen LogP contribution in [0.15, 0.2) is 48.5 Å². The van der Waals surface area contributed by atoms with Crippen molar-refractivity contribution < 1.29 is 24.0 Å². The van der Waals surface area contributed by atoms with Crippen molar-refractivity contribution in [3.63, 3.8) is 0 Å². The topological polar surface area (TPSA) is 108 Å². The molecule has 2 aromatic carbocycles. The van der Waals surface area contributed by atoms with E-state index in [1.54, 1.807) is 24.3 Å². The number of nitrogens with zero attached hydrogens (tertiary/aromatic N) is 1. The Labute approximate surface area is 160 Å². The molecule has 9 heteroatoms. The molecule has 0 bridgehead atoms. The molecule has 0 saturated carbocycles. The van der Waals surface area contributed by atoms with Crippen molar-refractivity contribution >= 4 is 34.9 Å². The highest BCUT2D eigenvalue weighted by molar-refractivity contribution is 6.30. The molecule has 0 saturated heterocycles. The first kappa shape index (κ1) is 20.2. The lowest BCUT2D eigenvalue weighted by molar-refractivity contribution is -0.383. The Bertz CT molecular complexity index is 851. The summed E-state index contributed by atoms with van der Waals surface area (Å²) < 4.78 is 10.5. The van der Waals surface area contributed by atoms with Crippen molar-refractivity contribution in [3.8, 4) is 5.75 Å². The highest BCUT2D eigenvalue weighted by Gasteiger charge is 2.32. The molecule has 0 radical (unpaired) electrons. The molecule has 27 heavy (non-hydrogen) atoms. The van der Waals surface area contributed by atoms with Crippen LogP contribution in [0.4, 0.5) is 11.4 Å². The van der Waals surface area contributed by atoms with Gasteiger partial charge >= 0.3 is 5.97 Å². The Morgan fingerprint density at radius 3 is 2.41 bits per heavy atom. The van der Waals surface area contributed by atoms with Gasteiger partial charge in [-0.25, -0.2) is 4.79 Å². The number of halogens is 1. The van der Waals surface area contributed by atoms with Crippen molar-refractivity contribution in [2.24, 2.45) is 0 Å². The van der Waals surface area contributed by atoms with Crippen LogP contribution in [0.25, 0.3) is 0 Å². The molecule has 0 aliphatic rings. The molecule has 1 N–H and O–H groups in total. The molecule has 0 aliphatic carbocycles. The van der Waals surface area contributed by atoms with Crippen molar-refractivity contribution in [2.45, 2.75) is 19.4 Å². The second-order valence-electron chi connectivity index (χ2n) is 5.96. The van der Waals surface area contributed by atoms with E-state index in [0.29, 0.717) is 10.8 Å². The normalized spacial score (nSPS) is 10.8. The molecule has 0 unspecified atom stereocenters. The predicted octanol–water partition coefficient (Wildman–Crippen LogP) is 3.59. The minimum absolute atomic E-state index is 0.0141. The summed E-state index contributed by atoms with van der Waals surface area (Å²) >= 11 is 5.79. The fourth-order valence-electron chi connectivity index (χ4n) is 2.07. The van der Waals surface area contributed by atoms with Gasteiger partial charge < -0.3 is 14.8 Å². The van der Waals surface area contributed by atoms with Gasteiger partial charge in [-0.1, -0.05) is 23.7 Å². The monoisotopic (exact) mass is 392 g/mol. The van der Waals surface area contributed by atoms with E-state index in [2.05, 4.69) is 5.32 Å². The van der Waals surface area contributed by atoms with E-state index >= 15 is 0 Å². The summed E-state index contributed by atoms with van der Waals surface area (Å²) in [5.74, 6) is -1.07. The molecule has 1 amide bonds. The predicted molar refractivity (Wildman–Crippen MR) is 98.8 cm³/mol. The van der Waals surface area contributed by atoms with Gasteiger partial charge in [-0.3, -0.25) is 14.9 Å². The molecule has 0 atom stereocenters. The number of carbonyl (C=O) groups is 2. The van der Waals surface area contributed by atoms with Crippen LogP contribution in [0.5, 0.6) is 5.75 Å². The van der Waals surface area contributed by atoms with Crippen LogP contribution in [0.2, 0.25) is 5.02 Å². The third-order valence-electron chi connectivity index (χ3n) is 3.39. The Kier molecular flexibility index (Phi) is 6.36. The average molecular weight is 393 g/mol. The van der Waals surface area contributed by atoms with Gasteiger partial charge in [0.2, 0.25) is 0 Å². The Morgan fingerprint density at radius 1 is 1.15 bits per heavy atom. The number of benzene rings is 2. The zero-order valence-electron chi connectivity index (χ0n) is 14.6. The van der Waals surface area contributed by atoms with Crippen LogP contribution in [0.3, 0.4) is 0 Å². The zero-order chi connectivity index (χ0) is 20.0. The van der Waals surface area contributed by atoms with Crippen LogP contribution in [-0.4, -0.2) is 29.0 Å². The highest BCUT2D eigenvalue weighted by Crippen LogP contribution is 2.24. The smallest absolute Gasteiger partial charge is 0.350 e. The molecule has 2 rings (SSSR count). The number of anilines is 1. The summed E-state index contributed by atoms with van der Waals surface area (Å²) in [5.41, 5.74) is -1.60. The summed E-state index contributed by atoms with van der Waals surface area (Å²) in [5, 5.41) is 13.8. The number of esters is 1. The van der Waals surface area contributed by atoms with Gasteiger partial charge in [0.25, 0.3) is 11.6 Å². The van der Waals surface area contributed by atoms with Crippen molar-refractivity contribution in [1.29, 1.82) is 0 Å². The lowest BCUT2D eigenvalue weighted by Gasteiger charge is -2.24. The maximum Gasteiger partial charge on any atom is 0.350 e. The Morgan fingerprint density at radius 2 is 1.78 bits per heavy atom. The minimum Gasteiger partial charge on any atom is -0.476 e. The van der Waals surface area contributed by atoms with Gasteiger partial charge in [-0.15, -0.1) is 0 Å². The second-order valence-corrected chi connectivity index (χ2v) is 6.40. The minimum atomic E-state index is -1.35. The number of hydrogen-bond donors (Lipinski definition) is 1. The standard InChI is InChI=1S/C18H17ClN2O6/c1-18(2,27-13-9-7-12(19)8-10-13)17(23)26-11-16(22)20-14-5-3-4-6-15(14)21(24)25/h3-10H,11H2,1-2H3,(H,20,22).